The lowest BCUT2D eigenvalue weighted by atomic mass is 10.1. The van der Waals surface area contributed by atoms with Crippen LogP contribution in [0.15, 0.2) is 54.6 Å². The first-order chi connectivity index (χ1) is 13.4. The highest BCUT2D eigenvalue weighted by molar-refractivity contribution is 6.33. The summed E-state index contributed by atoms with van der Waals surface area (Å²) in [4.78, 5) is 34.4. The molecule has 0 fully saturated rings. The number of carbonyl (C=O) groups is 2. The highest BCUT2D eigenvalue weighted by Gasteiger charge is 2.17. The van der Waals surface area contributed by atoms with Crippen LogP contribution in [0.3, 0.4) is 0 Å². The number of esters is 1. The molecule has 0 bridgehead atoms. The van der Waals surface area contributed by atoms with Crippen LogP contribution in [0.1, 0.15) is 10.4 Å². The molecule has 0 unspecified atom stereocenters. The predicted molar refractivity (Wildman–Crippen MR) is 103 cm³/mol. The highest BCUT2D eigenvalue weighted by Crippen LogP contribution is 2.29. The topological polar surface area (TPSA) is 119 Å². The van der Waals surface area contributed by atoms with Crippen molar-refractivity contribution in [1.82, 2.24) is 0 Å². The molecular weight excluding hydrogens is 388 g/mol. The predicted octanol–water partition coefficient (Wildman–Crippen LogP) is 3.90. The van der Waals surface area contributed by atoms with Gasteiger partial charge in [-0.05, 0) is 17.5 Å². The maximum absolute atomic E-state index is 12.2. The number of ether oxygens (including phenoxy) is 1. The fourth-order valence-corrected chi connectivity index (χ4v) is 2.70. The summed E-state index contributed by atoms with van der Waals surface area (Å²) in [5, 5.41) is 24.7. The second-order valence-electron chi connectivity index (χ2n) is 5.73. The summed E-state index contributed by atoms with van der Waals surface area (Å²) in [5.74, 6) is -1.87. The van der Waals surface area contributed by atoms with Gasteiger partial charge in [-0.25, -0.2) is 4.79 Å². The van der Waals surface area contributed by atoms with E-state index in [4.69, 9.17) is 16.3 Å². The number of rotatable bonds is 5. The van der Waals surface area contributed by atoms with E-state index in [-0.39, 0.29) is 27.7 Å². The zero-order chi connectivity index (χ0) is 20.3. The first-order valence-corrected chi connectivity index (χ1v) is 8.36. The smallest absolute Gasteiger partial charge is 0.342 e. The van der Waals surface area contributed by atoms with Crippen molar-refractivity contribution in [2.45, 2.75) is 0 Å². The summed E-state index contributed by atoms with van der Waals surface area (Å²) in [6, 6.07) is 13.5. The number of nitrogens with one attached hydrogen (secondary N) is 1. The van der Waals surface area contributed by atoms with Crippen molar-refractivity contribution >= 4 is 45.6 Å². The van der Waals surface area contributed by atoms with Crippen molar-refractivity contribution in [3.63, 3.8) is 0 Å². The summed E-state index contributed by atoms with van der Waals surface area (Å²) in [5.41, 5.74) is -0.317. The lowest BCUT2D eigenvalue weighted by Gasteiger charge is -2.10. The molecule has 1 amide bonds. The number of non-ortho nitro benzene ring substituents is 1. The van der Waals surface area contributed by atoms with Gasteiger partial charge in [0.05, 0.1) is 15.6 Å². The van der Waals surface area contributed by atoms with E-state index in [9.17, 15) is 24.8 Å². The molecule has 0 aliphatic carbocycles. The molecule has 0 heterocycles. The number of halogens is 1. The number of hydrogen-bond acceptors (Lipinski definition) is 6. The number of aromatic hydroxyl groups is 1. The average Bonchev–Trinajstić information content (AvgIpc) is 2.68. The number of nitrogens with zero attached hydrogens (tertiary/aromatic N) is 1. The molecule has 3 aromatic carbocycles. The first-order valence-electron chi connectivity index (χ1n) is 7.98. The van der Waals surface area contributed by atoms with Gasteiger partial charge in [-0.2, -0.15) is 0 Å². The maximum atomic E-state index is 12.2. The standard InChI is InChI=1S/C19H13ClN2O6/c20-15-8-6-12(22(26)27)9-16(15)21-17(23)10-28-19(25)14-7-5-11-3-1-2-4-13(11)18(14)24/h1-9,24H,10H2,(H,21,23). The zero-order valence-corrected chi connectivity index (χ0v) is 15.0. The Kier molecular flexibility index (Phi) is 5.42. The molecule has 142 valence electrons. The molecule has 0 saturated heterocycles. The van der Waals surface area contributed by atoms with Gasteiger partial charge in [0, 0.05) is 17.5 Å². The van der Waals surface area contributed by atoms with Gasteiger partial charge >= 0.3 is 5.97 Å². The fraction of sp³-hybridized carbons (Fsp3) is 0.0526. The van der Waals surface area contributed by atoms with Crippen molar-refractivity contribution in [3.8, 4) is 5.75 Å². The summed E-state index contributed by atoms with van der Waals surface area (Å²) in [7, 11) is 0. The molecule has 0 aromatic heterocycles. The van der Waals surface area contributed by atoms with Crippen LogP contribution in [0.25, 0.3) is 10.8 Å². The Balaban J connectivity index is 1.68. The van der Waals surface area contributed by atoms with Gasteiger partial charge in [0.15, 0.2) is 6.61 Å². The van der Waals surface area contributed by atoms with Crippen LogP contribution in [0.5, 0.6) is 5.75 Å². The van der Waals surface area contributed by atoms with Crippen LogP contribution in [-0.4, -0.2) is 28.5 Å². The van der Waals surface area contributed by atoms with Crippen molar-refractivity contribution in [3.05, 3.63) is 75.3 Å². The third-order valence-electron chi connectivity index (χ3n) is 3.89. The van der Waals surface area contributed by atoms with Gasteiger partial charge in [-0.15, -0.1) is 0 Å². The molecule has 0 radical (unpaired) electrons. The Bertz CT molecular complexity index is 1100. The number of nitro benzene ring substituents is 1. The third-order valence-corrected chi connectivity index (χ3v) is 4.22. The summed E-state index contributed by atoms with van der Waals surface area (Å²) >= 11 is 5.90. The van der Waals surface area contributed by atoms with Gasteiger partial charge in [0.2, 0.25) is 0 Å². The second kappa shape index (κ2) is 7.93. The Morgan fingerprint density at radius 2 is 1.89 bits per heavy atom. The van der Waals surface area contributed by atoms with E-state index in [0.717, 1.165) is 11.5 Å². The van der Waals surface area contributed by atoms with Crippen LogP contribution >= 0.6 is 11.6 Å². The van der Waals surface area contributed by atoms with Crippen LogP contribution in [-0.2, 0) is 9.53 Å². The molecule has 2 N–H and O–H groups in total. The molecule has 0 spiro atoms. The number of benzene rings is 3. The van der Waals surface area contributed by atoms with E-state index >= 15 is 0 Å². The third kappa shape index (κ3) is 4.02. The maximum Gasteiger partial charge on any atom is 0.342 e. The van der Waals surface area contributed by atoms with Crippen LogP contribution in [0.4, 0.5) is 11.4 Å². The molecule has 9 heteroatoms. The summed E-state index contributed by atoms with van der Waals surface area (Å²) in [6.07, 6.45) is 0. The number of nitro groups is 1. The zero-order valence-electron chi connectivity index (χ0n) is 14.2. The molecule has 0 saturated carbocycles. The quantitative estimate of drug-likeness (QED) is 0.381. The van der Waals surface area contributed by atoms with Crippen LogP contribution in [0.2, 0.25) is 5.02 Å². The Labute approximate surface area is 163 Å². The average molecular weight is 401 g/mol. The van der Waals surface area contributed by atoms with E-state index in [2.05, 4.69) is 5.32 Å². The van der Waals surface area contributed by atoms with Gasteiger partial charge in [-0.3, -0.25) is 14.9 Å². The number of hydrogen-bond donors (Lipinski definition) is 2. The molecule has 8 nitrogen and oxygen atoms in total. The van der Waals surface area contributed by atoms with Crippen LogP contribution in [0, 0.1) is 10.1 Å². The minimum absolute atomic E-state index is 0.0190. The number of anilines is 1. The lowest BCUT2D eigenvalue weighted by molar-refractivity contribution is -0.384. The van der Waals surface area contributed by atoms with Crippen molar-refractivity contribution in [2.24, 2.45) is 0 Å². The molecule has 0 atom stereocenters. The van der Waals surface area contributed by atoms with E-state index in [0.29, 0.717) is 5.39 Å². The lowest BCUT2D eigenvalue weighted by Crippen LogP contribution is -2.21. The van der Waals surface area contributed by atoms with Gasteiger partial charge in [0.1, 0.15) is 11.3 Å². The Hall–Kier alpha value is -3.65. The Morgan fingerprint density at radius 1 is 1.14 bits per heavy atom. The largest absolute Gasteiger partial charge is 0.506 e. The van der Waals surface area contributed by atoms with Crippen molar-refractivity contribution in [2.75, 3.05) is 11.9 Å². The van der Waals surface area contributed by atoms with E-state index in [1.165, 1.54) is 18.2 Å². The molecule has 0 aliphatic heterocycles. The summed E-state index contributed by atoms with van der Waals surface area (Å²) < 4.78 is 4.92. The number of phenolic OH excluding ortho intramolecular Hbond substituents is 1. The Morgan fingerprint density at radius 3 is 2.64 bits per heavy atom. The minimum atomic E-state index is -0.886. The molecule has 28 heavy (non-hydrogen) atoms. The van der Waals surface area contributed by atoms with Gasteiger partial charge in [-0.1, -0.05) is 41.9 Å². The van der Waals surface area contributed by atoms with Gasteiger partial charge < -0.3 is 15.2 Å². The normalized spacial score (nSPS) is 10.5. The molecular formula is C19H13ClN2O6. The monoisotopic (exact) mass is 400 g/mol. The SMILES string of the molecule is O=C(COC(=O)c1ccc2ccccc2c1O)Nc1cc([N+](=O)[O-])ccc1Cl. The van der Waals surface area contributed by atoms with Crippen molar-refractivity contribution in [1.29, 1.82) is 0 Å². The molecule has 3 rings (SSSR count). The van der Waals surface area contributed by atoms with Crippen molar-refractivity contribution < 1.29 is 24.4 Å². The number of carbonyl (C=O) groups excluding carboxylic acids is 2. The number of fused-ring (bicyclic) bond motifs is 1. The van der Waals surface area contributed by atoms with E-state index < -0.39 is 23.4 Å². The fourth-order valence-electron chi connectivity index (χ4n) is 2.54. The molecule has 3 aromatic rings. The van der Waals surface area contributed by atoms with E-state index in [1.54, 1.807) is 30.3 Å². The number of amides is 1. The highest BCUT2D eigenvalue weighted by atomic mass is 35.5. The van der Waals surface area contributed by atoms with E-state index in [1.807, 2.05) is 0 Å². The minimum Gasteiger partial charge on any atom is -0.506 e. The summed E-state index contributed by atoms with van der Waals surface area (Å²) in [6.45, 7) is -0.663. The number of phenols is 1. The van der Waals surface area contributed by atoms with Gasteiger partial charge in [0.25, 0.3) is 11.6 Å². The second-order valence-corrected chi connectivity index (χ2v) is 6.14. The first kappa shape index (κ1) is 19.1. The molecule has 0 aliphatic rings. The van der Waals surface area contributed by atoms with Crippen LogP contribution < -0.4 is 5.32 Å².